The molecule has 0 bridgehead atoms. The summed E-state index contributed by atoms with van der Waals surface area (Å²) in [6.45, 7) is 14.6. The van der Waals surface area contributed by atoms with Crippen molar-refractivity contribution >= 4 is 12.3 Å². The lowest BCUT2D eigenvalue weighted by molar-refractivity contribution is 0.166. The van der Waals surface area contributed by atoms with Crippen molar-refractivity contribution < 1.29 is 4.74 Å². The van der Waals surface area contributed by atoms with Crippen molar-refractivity contribution in [1.29, 1.82) is 0 Å². The summed E-state index contributed by atoms with van der Waals surface area (Å²) < 4.78 is 7.22. The smallest absolute Gasteiger partial charge is 0.316 e. The summed E-state index contributed by atoms with van der Waals surface area (Å²) in [5.41, 5.74) is -0.168. The number of nitrogens with zero attached hydrogens (tertiary/aromatic N) is 2. The van der Waals surface area contributed by atoms with Gasteiger partial charge in [-0.05, 0) is 56.3 Å². The molecule has 1 aliphatic rings. The van der Waals surface area contributed by atoms with E-state index in [4.69, 9.17) is 4.74 Å². The summed E-state index contributed by atoms with van der Waals surface area (Å²) in [5.74, 6) is -0.0371. The van der Waals surface area contributed by atoms with Crippen molar-refractivity contribution in [2.75, 3.05) is 39.9 Å². The highest BCUT2D eigenvalue weighted by Gasteiger charge is 2.11. The Morgan fingerprint density at radius 3 is 2.62 bits per heavy atom. The van der Waals surface area contributed by atoms with Crippen LogP contribution in [0.1, 0.15) is 39.0 Å². The molecule has 1 fully saturated rings. The number of allylic oxidation sites excluding steroid dienone is 7. The minimum atomic E-state index is -0.650. The highest BCUT2D eigenvalue weighted by molar-refractivity contribution is 5.33. The zero-order valence-electron chi connectivity index (χ0n) is 22.6. The van der Waals surface area contributed by atoms with E-state index in [1.54, 1.807) is 19.3 Å². The number of ether oxygens (including phenoxy) is 1. The second kappa shape index (κ2) is 17.3. The van der Waals surface area contributed by atoms with Crippen LogP contribution in [0.2, 0.25) is 0 Å². The van der Waals surface area contributed by atoms with Gasteiger partial charge in [0.1, 0.15) is 0 Å². The molecule has 7 heteroatoms. The van der Waals surface area contributed by atoms with Gasteiger partial charge in [-0.2, -0.15) is 0 Å². The average Bonchev–Trinajstić information content (AvgIpc) is 3.41. The van der Waals surface area contributed by atoms with E-state index < -0.39 is 11.1 Å². The normalized spacial score (nSPS) is 16.8. The van der Waals surface area contributed by atoms with Gasteiger partial charge in [-0.3, -0.25) is 14.5 Å². The molecule has 0 spiro atoms. The van der Waals surface area contributed by atoms with Crippen molar-refractivity contribution in [3.05, 3.63) is 92.7 Å². The van der Waals surface area contributed by atoms with Gasteiger partial charge in [0, 0.05) is 32.9 Å². The van der Waals surface area contributed by atoms with E-state index in [2.05, 4.69) is 59.6 Å². The van der Waals surface area contributed by atoms with Gasteiger partial charge in [-0.15, -0.1) is 6.58 Å². The molecule has 202 valence electrons. The van der Waals surface area contributed by atoms with E-state index in [9.17, 15) is 9.59 Å². The lowest BCUT2D eigenvalue weighted by atomic mass is 10.0. The largest absolute Gasteiger partial charge is 0.392 e. The third-order valence-corrected chi connectivity index (χ3v) is 6.26. The van der Waals surface area contributed by atoms with Gasteiger partial charge in [-0.25, -0.2) is 0 Å². The number of unbranched alkanes of at least 4 members (excludes halogenated alkanes) is 1. The molecule has 1 aromatic rings. The lowest BCUT2D eigenvalue weighted by Crippen LogP contribution is -2.54. The van der Waals surface area contributed by atoms with Crippen LogP contribution in [0.25, 0.3) is 12.3 Å². The van der Waals surface area contributed by atoms with Crippen LogP contribution >= 0.6 is 0 Å². The van der Waals surface area contributed by atoms with E-state index in [0.717, 1.165) is 25.0 Å². The molecule has 2 N–H and O–H groups in total. The molecule has 1 aromatic heterocycles. The fraction of sp³-hybridized carbons (Fsp3) is 0.467. The first-order chi connectivity index (χ1) is 18.0. The van der Waals surface area contributed by atoms with Crippen LogP contribution in [0, 0.1) is 5.92 Å². The molecule has 0 aliphatic carbocycles. The topological polar surface area (TPSA) is 79.4 Å². The molecule has 0 saturated carbocycles. The maximum atomic E-state index is 12.9. The first-order valence-corrected chi connectivity index (χ1v) is 13.3. The Balaban J connectivity index is 2.21. The zero-order chi connectivity index (χ0) is 26.9. The van der Waals surface area contributed by atoms with Crippen LogP contribution in [0.5, 0.6) is 0 Å². The predicted molar refractivity (Wildman–Crippen MR) is 155 cm³/mol. The summed E-state index contributed by atoms with van der Waals surface area (Å²) in [6, 6.07) is 0. The minimum Gasteiger partial charge on any atom is -0.392 e. The minimum absolute atomic E-state index is 0.0371. The van der Waals surface area contributed by atoms with Crippen LogP contribution in [-0.4, -0.2) is 54.3 Å². The van der Waals surface area contributed by atoms with Crippen molar-refractivity contribution in [2.24, 2.45) is 5.92 Å². The second-order valence-corrected chi connectivity index (χ2v) is 9.18. The van der Waals surface area contributed by atoms with E-state index in [1.807, 2.05) is 18.2 Å². The molecule has 1 saturated heterocycles. The first-order valence-electron chi connectivity index (χ1n) is 13.3. The lowest BCUT2D eigenvalue weighted by Gasteiger charge is -2.14. The van der Waals surface area contributed by atoms with Gasteiger partial charge in [0.2, 0.25) is 0 Å². The Hall–Kier alpha value is -3.16. The molecule has 0 radical (unpaired) electrons. The van der Waals surface area contributed by atoms with Gasteiger partial charge in [0.05, 0.1) is 17.3 Å². The maximum absolute atomic E-state index is 12.9. The van der Waals surface area contributed by atoms with Crippen molar-refractivity contribution in [3.63, 3.8) is 0 Å². The van der Waals surface area contributed by atoms with Crippen molar-refractivity contribution in [2.45, 2.75) is 45.6 Å². The van der Waals surface area contributed by atoms with Gasteiger partial charge < -0.3 is 19.6 Å². The summed E-state index contributed by atoms with van der Waals surface area (Å²) in [5, 5.41) is 4.12. The number of rotatable bonds is 16. The quantitative estimate of drug-likeness (QED) is 0.155. The van der Waals surface area contributed by atoms with Crippen LogP contribution in [0.15, 0.2) is 70.9 Å². The molecule has 2 rings (SSSR count). The Morgan fingerprint density at radius 1 is 1.19 bits per heavy atom. The molecule has 7 nitrogen and oxygen atoms in total. The van der Waals surface area contributed by atoms with E-state index in [0.29, 0.717) is 36.9 Å². The van der Waals surface area contributed by atoms with Crippen molar-refractivity contribution in [1.82, 2.24) is 19.8 Å². The standard InChI is InChI=1S/C30H44N4O3/c1-5-8-21-37-22-17-28-27(23-31-4)32-29(35)30(36)34(28)24-25(7-3)14-11-15-26(13-6-2)16-12-20-33-18-9-10-19-33/h6-7,11-13,15-17,23,25,31H,2-3,5,8-10,14,18-22,24H2,1,4H3,(H,32,35)/b15-11+,16-12+,26-13-,27-23+,28-17+. The van der Waals surface area contributed by atoms with Crippen molar-refractivity contribution in [3.8, 4) is 0 Å². The summed E-state index contributed by atoms with van der Waals surface area (Å²) in [7, 11) is 1.75. The average molecular weight is 509 g/mol. The molecule has 1 aliphatic heterocycles. The Morgan fingerprint density at radius 2 is 1.95 bits per heavy atom. The highest BCUT2D eigenvalue weighted by atomic mass is 16.5. The Labute approximate surface area is 220 Å². The zero-order valence-corrected chi connectivity index (χ0v) is 22.6. The molecule has 0 aromatic carbocycles. The summed E-state index contributed by atoms with van der Waals surface area (Å²) in [6.07, 6.45) is 22.8. The number of nitrogens with one attached hydrogen (secondary N) is 2. The van der Waals surface area contributed by atoms with Gasteiger partial charge in [0.15, 0.2) is 0 Å². The Kier molecular flexibility index (Phi) is 14.1. The number of aromatic nitrogens is 2. The molecule has 2 heterocycles. The number of H-pyrrole nitrogens is 1. The molecule has 1 unspecified atom stereocenters. The molecule has 1 atom stereocenters. The summed E-state index contributed by atoms with van der Waals surface area (Å²) in [4.78, 5) is 30.4. The maximum Gasteiger partial charge on any atom is 0.316 e. The highest BCUT2D eigenvalue weighted by Crippen LogP contribution is 2.11. The molecular formula is C30H44N4O3. The SMILES string of the molecule is C=C/C=C(/C=C/CC(C=C)Cn1c(=O)c(=O)[nH]c(=C/NC)/c1=C\COCCCC)\C=C\CN1CCCC1. The van der Waals surface area contributed by atoms with E-state index in [1.165, 1.54) is 30.5 Å². The van der Waals surface area contributed by atoms with Crippen LogP contribution < -0.4 is 27.1 Å². The fourth-order valence-electron chi connectivity index (χ4n) is 4.21. The summed E-state index contributed by atoms with van der Waals surface area (Å²) >= 11 is 0. The predicted octanol–water partition coefficient (Wildman–Crippen LogP) is 2.60. The van der Waals surface area contributed by atoms with E-state index in [-0.39, 0.29) is 5.92 Å². The Bertz CT molecular complexity index is 1180. The number of aromatic amines is 1. The molecule has 37 heavy (non-hydrogen) atoms. The van der Waals surface area contributed by atoms with E-state index >= 15 is 0 Å². The molecular weight excluding hydrogens is 464 g/mol. The van der Waals surface area contributed by atoms with Crippen LogP contribution in [0.3, 0.4) is 0 Å². The number of hydrogen-bond acceptors (Lipinski definition) is 5. The monoisotopic (exact) mass is 508 g/mol. The first kappa shape index (κ1) is 30.1. The van der Waals surface area contributed by atoms with Crippen LogP contribution in [-0.2, 0) is 11.3 Å². The molecule has 0 amide bonds. The van der Waals surface area contributed by atoms with Gasteiger partial charge in [0.25, 0.3) is 0 Å². The third kappa shape index (κ3) is 10.4. The fourth-order valence-corrected chi connectivity index (χ4v) is 4.21. The number of hydrogen-bond donors (Lipinski definition) is 2. The number of likely N-dealkylation sites (tertiary alicyclic amines) is 1. The van der Waals surface area contributed by atoms with Gasteiger partial charge >= 0.3 is 11.1 Å². The van der Waals surface area contributed by atoms with Crippen LogP contribution in [0.4, 0.5) is 0 Å². The third-order valence-electron chi connectivity index (χ3n) is 6.26. The second-order valence-electron chi connectivity index (χ2n) is 9.18. The van der Waals surface area contributed by atoms with Gasteiger partial charge in [-0.1, -0.05) is 62.5 Å².